The molecule has 0 radical (unpaired) electrons. The zero-order valence-electron chi connectivity index (χ0n) is 26.4. The molecule has 224 valence electrons. The molecule has 3 atom stereocenters. The van der Waals surface area contributed by atoms with Crippen LogP contribution in [-0.4, -0.2) is 34.5 Å². The van der Waals surface area contributed by atoms with Gasteiger partial charge < -0.3 is 23.8 Å². The van der Waals surface area contributed by atoms with Gasteiger partial charge in [0.15, 0.2) is 23.0 Å². The first kappa shape index (κ1) is 31.1. The Morgan fingerprint density at radius 2 is 1.45 bits per heavy atom. The Morgan fingerprint density at radius 1 is 0.833 bits per heavy atom. The van der Waals surface area contributed by atoms with Crippen molar-refractivity contribution in [3.05, 3.63) is 77.4 Å². The van der Waals surface area contributed by atoms with Gasteiger partial charge in [-0.05, 0) is 90.6 Å². The number of nitriles is 1. The number of para-hydroxylation sites is 1. The summed E-state index contributed by atoms with van der Waals surface area (Å²) < 4.78 is 22.5. The molecule has 0 N–H and O–H groups in total. The molecule has 0 saturated carbocycles. The van der Waals surface area contributed by atoms with Gasteiger partial charge in [0, 0.05) is 11.7 Å². The quantitative estimate of drug-likeness (QED) is 0.219. The molecule has 1 aliphatic rings. The number of rotatable bonds is 12. The van der Waals surface area contributed by atoms with E-state index in [1.54, 1.807) is 28.4 Å². The lowest BCUT2D eigenvalue weighted by Gasteiger charge is -2.47. The Balaban J connectivity index is 1.71. The maximum Gasteiger partial charge on any atom is 0.161 e. The SMILES string of the molecule is COc1ccc([C@](C#N)(CCC[C@H]2Cc3cc(OC)c(OC)cc3C(C(C)C)N2c2ccccc2)C(C)C)cc1OC. The molecular weight excluding hydrogens is 524 g/mol. The maximum atomic E-state index is 10.7. The normalized spacial score (nSPS) is 17.8. The summed E-state index contributed by atoms with van der Waals surface area (Å²) in [5.74, 6) is 3.34. The van der Waals surface area contributed by atoms with Gasteiger partial charge in [0.25, 0.3) is 0 Å². The predicted molar refractivity (Wildman–Crippen MR) is 169 cm³/mol. The number of hydrogen-bond acceptors (Lipinski definition) is 6. The topological polar surface area (TPSA) is 64.0 Å². The minimum Gasteiger partial charge on any atom is -0.493 e. The van der Waals surface area contributed by atoms with Crippen molar-refractivity contribution in [1.29, 1.82) is 5.26 Å². The van der Waals surface area contributed by atoms with E-state index in [0.717, 1.165) is 42.7 Å². The Hall–Kier alpha value is -3.85. The summed E-state index contributed by atoms with van der Waals surface area (Å²) >= 11 is 0. The van der Waals surface area contributed by atoms with E-state index >= 15 is 0 Å². The van der Waals surface area contributed by atoms with Crippen molar-refractivity contribution >= 4 is 5.69 Å². The van der Waals surface area contributed by atoms with Crippen LogP contribution in [0.5, 0.6) is 23.0 Å². The highest BCUT2D eigenvalue weighted by Gasteiger charge is 2.39. The number of methoxy groups -OCH3 is 4. The molecule has 0 bridgehead atoms. The molecule has 42 heavy (non-hydrogen) atoms. The molecule has 0 amide bonds. The van der Waals surface area contributed by atoms with Crippen molar-refractivity contribution in [2.24, 2.45) is 11.8 Å². The van der Waals surface area contributed by atoms with Gasteiger partial charge in [0.1, 0.15) is 0 Å². The highest BCUT2D eigenvalue weighted by Crippen LogP contribution is 2.47. The molecule has 0 saturated heterocycles. The van der Waals surface area contributed by atoms with Crippen molar-refractivity contribution in [3.8, 4) is 29.1 Å². The van der Waals surface area contributed by atoms with Crippen LogP contribution in [0.15, 0.2) is 60.7 Å². The molecule has 3 aromatic rings. The van der Waals surface area contributed by atoms with Gasteiger partial charge >= 0.3 is 0 Å². The molecule has 0 fully saturated rings. The molecule has 6 heteroatoms. The number of ether oxygens (including phenoxy) is 4. The highest BCUT2D eigenvalue weighted by molar-refractivity contribution is 5.57. The third-order valence-corrected chi connectivity index (χ3v) is 8.99. The first-order valence-electron chi connectivity index (χ1n) is 15.0. The van der Waals surface area contributed by atoms with Gasteiger partial charge in [-0.1, -0.05) is 52.0 Å². The van der Waals surface area contributed by atoms with E-state index in [1.165, 1.54) is 16.8 Å². The van der Waals surface area contributed by atoms with Crippen molar-refractivity contribution < 1.29 is 18.9 Å². The van der Waals surface area contributed by atoms with Gasteiger partial charge in [0.2, 0.25) is 0 Å². The van der Waals surface area contributed by atoms with Crippen LogP contribution in [0, 0.1) is 23.2 Å². The lowest BCUT2D eigenvalue weighted by Crippen LogP contribution is -2.46. The zero-order valence-corrected chi connectivity index (χ0v) is 26.4. The number of hydrogen-bond donors (Lipinski definition) is 0. The van der Waals surface area contributed by atoms with Gasteiger partial charge in [0.05, 0.1) is 46.0 Å². The first-order valence-corrected chi connectivity index (χ1v) is 15.0. The average molecular weight is 571 g/mol. The third-order valence-electron chi connectivity index (χ3n) is 8.99. The molecule has 1 heterocycles. The van der Waals surface area contributed by atoms with Crippen molar-refractivity contribution in [2.45, 2.75) is 70.9 Å². The van der Waals surface area contributed by atoms with Gasteiger partial charge in [-0.15, -0.1) is 0 Å². The van der Waals surface area contributed by atoms with E-state index in [0.29, 0.717) is 17.4 Å². The summed E-state index contributed by atoms with van der Waals surface area (Å²) in [5.41, 5.74) is 4.15. The van der Waals surface area contributed by atoms with E-state index in [2.05, 4.69) is 81.1 Å². The Bertz CT molecular complexity index is 1380. The molecule has 1 aliphatic heterocycles. The van der Waals surface area contributed by atoms with E-state index in [-0.39, 0.29) is 18.0 Å². The average Bonchev–Trinajstić information content (AvgIpc) is 3.01. The summed E-state index contributed by atoms with van der Waals surface area (Å²) in [4.78, 5) is 2.61. The third kappa shape index (κ3) is 5.88. The lowest BCUT2D eigenvalue weighted by atomic mass is 9.69. The number of anilines is 1. The molecule has 3 aromatic carbocycles. The first-order chi connectivity index (χ1) is 20.2. The van der Waals surface area contributed by atoms with Crippen LogP contribution < -0.4 is 23.8 Å². The van der Waals surface area contributed by atoms with Crippen molar-refractivity contribution in [2.75, 3.05) is 33.3 Å². The summed E-state index contributed by atoms with van der Waals surface area (Å²) in [6.45, 7) is 8.86. The smallest absolute Gasteiger partial charge is 0.161 e. The molecule has 0 aliphatic carbocycles. The standard InChI is InChI=1S/C36H46N2O4/c1-24(2)35-30-22-34(42-8)32(40-6)20-26(30)19-29(38(35)28-13-10-9-11-14-28)15-12-18-36(23-37,25(3)4)27-16-17-31(39-5)33(21-27)41-7/h9-11,13-14,16-17,20-22,24-25,29,35H,12,15,18-19H2,1-8H3/t29-,35?,36-/m0/s1. The monoisotopic (exact) mass is 570 g/mol. The Kier molecular flexibility index (Phi) is 9.93. The number of benzene rings is 3. The fraction of sp³-hybridized carbons (Fsp3) is 0.472. The fourth-order valence-electron chi connectivity index (χ4n) is 6.76. The molecular formula is C36H46N2O4. The van der Waals surface area contributed by atoms with Gasteiger partial charge in [-0.2, -0.15) is 5.26 Å². The summed E-state index contributed by atoms with van der Waals surface area (Å²) in [6.07, 6.45) is 3.50. The number of fused-ring (bicyclic) bond motifs is 1. The predicted octanol–water partition coefficient (Wildman–Crippen LogP) is 8.14. The zero-order chi connectivity index (χ0) is 30.4. The van der Waals surface area contributed by atoms with Crippen LogP contribution in [0.25, 0.3) is 0 Å². The molecule has 0 spiro atoms. The van der Waals surface area contributed by atoms with Crippen molar-refractivity contribution in [3.63, 3.8) is 0 Å². The van der Waals surface area contributed by atoms with Crippen LogP contribution in [0.1, 0.15) is 69.7 Å². The summed E-state index contributed by atoms with van der Waals surface area (Å²) in [7, 11) is 6.67. The Morgan fingerprint density at radius 3 is 2.02 bits per heavy atom. The fourth-order valence-corrected chi connectivity index (χ4v) is 6.76. The van der Waals surface area contributed by atoms with Crippen LogP contribution in [0.4, 0.5) is 5.69 Å². The van der Waals surface area contributed by atoms with Crippen LogP contribution in [0.2, 0.25) is 0 Å². The van der Waals surface area contributed by atoms with Gasteiger partial charge in [-0.3, -0.25) is 0 Å². The van der Waals surface area contributed by atoms with E-state index in [1.807, 2.05) is 18.2 Å². The Labute approximate surface area is 252 Å². The molecule has 6 nitrogen and oxygen atoms in total. The number of nitrogens with zero attached hydrogens (tertiary/aromatic N) is 2. The largest absolute Gasteiger partial charge is 0.493 e. The van der Waals surface area contributed by atoms with E-state index < -0.39 is 5.41 Å². The lowest BCUT2D eigenvalue weighted by molar-refractivity contribution is 0.324. The van der Waals surface area contributed by atoms with E-state index in [9.17, 15) is 5.26 Å². The van der Waals surface area contributed by atoms with Crippen molar-refractivity contribution in [1.82, 2.24) is 0 Å². The summed E-state index contributed by atoms with van der Waals surface area (Å²) in [5, 5.41) is 10.7. The summed E-state index contributed by atoms with van der Waals surface area (Å²) in [6, 6.07) is 24.1. The molecule has 0 aromatic heterocycles. The van der Waals surface area contributed by atoms with Crippen LogP contribution in [-0.2, 0) is 11.8 Å². The highest BCUT2D eigenvalue weighted by atomic mass is 16.5. The van der Waals surface area contributed by atoms with Gasteiger partial charge in [-0.25, -0.2) is 0 Å². The second-order valence-electron chi connectivity index (χ2n) is 11.9. The minimum absolute atomic E-state index is 0.123. The second kappa shape index (κ2) is 13.4. The van der Waals surface area contributed by atoms with E-state index in [4.69, 9.17) is 18.9 Å². The second-order valence-corrected chi connectivity index (χ2v) is 11.9. The maximum absolute atomic E-state index is 10.7. The van der Waals surface area contributed by atoms with Crippen LogP contribution >= 0.6 is 0 Å². The molecule has 1 unspecified atom stereocenters. The minimum atomic E-state index is -0.641. The van der Waals surface area contributed by atoms with Crippen LogP contribution in [0.3, 0.4) is 0 Å². The molecule has 4 rings (SSSR count).